The van der Waals surface area contributed by atoms with Gasteiger partial charge in [0.15, 0.2) is 5.96 Å². The Morgan fingerprint density at radius 1 is 0.540 bits per heavy atom. The van der Waals surface area contributed by atoms with Crippen LogP contribution in [-0.4, -0.2) is 107 Å². The number of amides is 6. The van der Waals surface area contributed by atoms with Crippen LogP contribution in [0, 0.1) is 0 Å². The Morgan fingerprint density at radius 3 is 1.60 bits per heavy atom. The monoisotopic (exact) mass is 865 g/mol. The van der Waals surface area contributed by atoms with E-state index >= 15 is 0 Å². The SMILES string of the molecule is NC(N)=NCCC[C@H](NC(=O)CNC(=O)[C@H](Cc1ccccc1)NC(=O)[C@H](Cc1ccccc1)NC(=O)Cc1ccc2ccccc2c1)C(=O)NCC(=O)N[C@@H](CC(=O)O)C(=O)O. The summed E-state index contributed by atoms with van der Waals surface area (Å²) in [4.78, 5) is 106. The van der Waals surface area contributed by atoms with E-state index < -0.39 is 91.1 Å². The minimum atomic E-state index is -1.75. The maximum Gasteiger partial charge on any atom is 0.326 e. The summed E-state index contributed by atoms with van der Waals surface area (Å²) in [5, 5.41) is 35.0. The fraction of sp³-hybridized carbons (Fsp3) is 0.295. The molecule has 19 heteroatoms. The van der Waals surface area contributed by atoms with E-state index in [2.05, 4.69) is 31.6 Å². The van der Waals surface area contributed by atoms with Gasteiger partial charge >= 0.3 is 11.9 Å². The number of hydrogen-bond acceptors (Lipinski definition) is 9. The first-order valence-electron chi connectivity index (χ1n) is 20.0. The number of nitrogens with one attached hydrogen (secondary N) is 6. The predicted octanol–water partition coefficient (Wildman–Crippen LogP) is -0.348. The van der Waals surface area contributed by atoms with Gasteiger partial charge in [0, 0.05) is 19.4 Å². The lowest BCUT2D eigenvalue weighted by molar-refractivity contribution is -0.147. The van der Waals surface area contributed by atoms with Gasteiger partial charge in [-0.2, -0.15) is 0 Å². The van der Waals surface area contributed by atoms with E-state index in [1.54, 1.807) is 42.5 Å². The normalized spacial score (nSPS) is 12.6. The molecule has 0 radical (unpaired) electrons. The van der Waals surface area contributed by atoms with E-state index in [0.717, 1.165) is 21.9 Å². The maximum absolute atomic E-state index is 14.1. The Hall–Kier alpha value is -7.83. The molecule has 0 aliphatic heterocycles. The molecule has 0 spiro atoms. The van der Waals surface area contributed by atoms with Gasteiger partial charge in [-0.05, 0) is 40.3 Å². The first-order chi connectivity index (χ1) is 30.2. The van der Waals surface area contributed by atoms with Gasteiger partial charge in [0.25, 0.3) is 0 Å². The molecule has 4 aromatic carbocycles. The first kappa shape index (κ1) is 47.8. The van der Waals surface area contributed by atoms with E-state index in [1.807, 2.05) is 66.0 Å². The van der Waals surface area contributed by atoms with Crippen LogP contribution in [0.15, 0.2) is 108 Å². The average Bonchev–Trinajstić information content (AvgIpc) is 3.25. The number of carbonyl (C=O) groups excluding carboxylic acids is 6. The van der Waals surface area contributed by atoms with Crippen molar-refractivity contribution in [2.45, 2.75) is 62.7 Å². The Bertz CT molecular complexity index is 2270. The number of benzene rings is 4. The van der Waals surface area contributed by atoms with Gasteiger partial charge in [-0.25, -0.2) is 4.79 Å². The summed E-state index contributed by atoms with van der Waals surface area (Å²) < 4.78 is 0. The first-order valence-corrected chi connectivity index (χ1v) is 20.0. The molecule has 0 fully saturated rings. The van der Waals surface area contributed by atoms with Gasteiger partial charge in [0.2, 0.25) is 35.4 Å². The van der Waals surface area contributed by atoms with Crippen LogP contribution in [0.3, 0.4) is 0 Å². The topological polar surface area (TPSA) is 314 Å². The number of guanidine groups is 1. The van der Waals surface area contributed by atoms with Crippen molar-refractivity contribution in [1.29, 1.82) is 0 Å². The molecule has 63 heavy (non-hydrogen) atoms. The third-order valence-electron chi connectivity index (χ3n) is 9.48. The van der Waals surface area contributed by atoms with Crippen molar-refractivity contribution >= 4 is 64.1 Å². The van der Waals surface area contributed by atoms with Crippen LogP contribution in [0.2, 0.25) is 0 Å². The Kier molecular flexibility index (Phi) is 18.6. The highest BCUT2D eigenvalue weighted by Crippen LogP contribution is 2.16. The largest absolute Gasteiger partial charge is 0.481 e. The zero-order valence-electron chi connectivity index (χ0n) is 34.3. The molecule has 0 aliphatic rings. The predicted molar refractivity (Wildman–Crippen MR) is 231 cm³/mol. The summed E-state index contributed by atoms with van der Waals surface area (Å²) in [6.07, 6.45) is -0.654. The lowest BCUT2D eigenvalue weighted by Crippen LogP contribution is -2.56. The van der Waals surface area contributed by atoms with Gasteiger partial charge in [0.05, 0.1) is 25.9 Å². The zero-order valence-corrected chi connectivity index (χ0v) is 34.3. The summed E-state index contributed by atoms with van der Waals surface area (Å²) in [6, 6.07) is 25.9. The molecule has 0 heterocycles. The van der Waals surface area contributed by atoms with Crippen LogP contribution in [0.25, 0.3) is 10.8 Å². The number of hydrogen-bond donors (Lipinski definition) is 10. The second-order valence-corrected chi connectivity index (χ2v) is 14.5. The van der Waals surface area contributed by atoms with E-state index in [1.165, 1.54) is 0 Å². The smallest absolute Gasteiger partial charge is 0.326 e. The molecule has 12 N–H and O–H groups in total. The number of rotatable bonds is 24. The maximum atomic E-state index is 14.1. The molecule has 0 aromatic heterocycles. The third kappa shape index (κ3) is 17.0. The Labute approximate surface area is 362 Å². The van der Waals surface area contributed by atoms with Gasteiger partial charge in [-0.3, -0.25) is 38.6 Å². The van der Waals surface area contributed by atoms with Crippen molar-refractivity contribution in [2.24, 2.45) is 16.5 Å². The molecule has 0 saturated carbocycles. The molecule has 4 rings (SSSR count). The van der Waals surface area contributed by atoms with Gasteiger partial charge in [0.1, 0.15) is 24.2 Å². The second-order valence-electron chi connectivity index (χ2n) is 14.5. The van der Waals surface area contributed by atoms with Gasteiger partial charge in [-0.1, -0.05) is 103 Å². The molecular weight excluding hydrogens is 815 g/mol. The van der Waals surface area contributed by atoms with E-state index in [4.69, 9.17) is 16.6 Å². The summed E-state index contributed by atoms with van der Waals surface area (Å²) in [5.74, 6) is -7.77. The number of aliphatic carboxylic acids is 2. The van der Waals surface area contributed by atoms with Crippen molar-refractivity contribution in [1.82, 2.24) is 31.9 Å². The summed E-state index contributed by atoms with van der Waals surface area (Å²) in [5.41, 5.74) is 12.9. The molecule has 19 nitrogen and oxygen atoms in total. The van der Waals surface area contributed by atoms with Crippen LogP contribution in [0.5, 0.6) is 0 Å². The van der Waals surface area contributed by atoms with Gasteiger partial charge < -0.3 is 53.6 Å². The van der Waals surface area contributed by atoms with Crippen LogP contribution in [-0.2, 0) is 57.6 Å². The molecular formula is C44H51N9O10. The quantitative estimate of drug-likeness (QED) is 0.0246. The van der Waals surface area contributed by atoms with Crippen LogP contribution in [0.4, 0.5) is 0 Å². The van der Waals surface area contributed by atoms with Crippen molar-refractivity contribution in [3.05, 3.63) is 120 Å². The standard InChI is InChI=1S/C44H51N9O10/c45-44(46)47-19-9-16-32(40(59)48-26-38(56)52-35(43(62)63)24-39(57)58)50-37(55)25-49-41(60)33(21-27-10-3-1-4-11-27)53-42(61)34(22-28-12-5-2-6-13-28)51-36(54)23-29-17-18-30-14-7-8-15-31(30)20-29/h1-8,10-15,17-18,20,32-35H,9,16,19,21-26H2,(H,48,59)(H,49,60)(H,50,55)(H,51,54)(H,52,56)(H,53,61)(H,57,58)(H,62,63)(H4,45,46,47)/t32-,33-,34-,35-/m0/s1. The highest BCUT2D eigenvalue weighted by atomic mass is 16.4. The lowest BCUT2D eigenvalue weighted by atomic mass is 10.0. The molecule has 0 saturated heterocycles. The van der Waals surface area contributed by atoms with E-state index in [0.29, 0.717) is 5.56 Å². The highest BCUT2D eigenvalue weighted by Gasteiger charge is 2.29. The van der Waals surface area contributed by atoms with E-state index in [-0.39, 0.29) is 44.6 Å². The number of aliphatic imine (C=N–C) groups is 1. The molecule has 0 bridgehead atoms. The second kappa shape index (κ2) is 24.4. The fourth-order valence-electron chi connectivity index (χ4n) is 6.39. The number of carboxylic acid groups (broad SMARTS) is 2. The number of carbonyl (C=O) groups is 8. The lowest BCUT2D eigenvalue weighted by Gasteiger charge is -2.24. The molecule has 0 unspecified atom stereocenters. The number of fused-ring (bicyclic) bond motifs is 1. The van der Waals surface area contributed by atoms with Crippen molar-refractivity contribution < 1.29 is 48.6 Å². The van der Waals surface area contributed by atoms with Crippen LogP contribution < -0.4 is 43.4 Å². The zero-order chi connectivity index (χ0) is 45.7. The Balaban J connectivity index is 1.44. The molecule has 6 amide bonds. The summed E-state index contributed by atoms with van der Waals surface area (Å²) in [7, 11) is 0. The van der Waals surface area contributed by atoms with Crippen molar-refractivity contribution in [2.75, 3.05) is 19.6 Å². The van der Waals surface area contributed by atoms with Gasteiger partial charge in [-0.15, -0.1) is 0 Å². The van der Waals surface area contributed by atoms with Crippen molar-refractivity contribution in [3.8, 4) is 0 Å². The minimum Gasteiger partial charge on any atom is -0.481 e. The highest BCUT2D eigenvalue weighted by molar-refractivity contribution is 5.96. The number of nitrogens with two attached hydrogens (primary N) is 2. The minimum absolute atomic E-state index is 0.00900. The molecule has 4 atom stereocenters. The third-order valence-corrected chi connectivity index (χ3v) is 9.48. The Morgan fingerprint density at radius 2 is 1.05 bits per heavy atom. The van der Waals surface area contributed by atoms with Crippen molar-refractivity contribution in [3.63, 3.8) is 0 Å². The van der Waals surface area contributed by atoms with Crippen LogP contribution in [0.1, 0.15) is 36.0 Å². The van der Waals surface area contributed by atoms with E-state index in [9.17, 15) is 43.5 Å². The number of carboxylic acids is 2. The fourth-order valence-corrected chi connectivity index (χ4v) is 6.39. The average molecular weight is 866 g/mol. The molecule has 4 aromatic rings. The number of nitrogens with zero attached hydrogens (tertiary/aromatic N) is 1. The summed E-state index contributed by atoms with van der Waals surface area (Å²) in [6.45, 7) is -1.33. The summed E-state index contributed by atoms with van der Waals surface area (Å²) >= 11 is 0. The molecule has 332 valence electrons. The molecule has 0 aliphatic carbocycles. The van der Waals surface area contributed by atoms with Crippen LogP contribution >= 0.6 is 0 Å².